The van der Waals surface area contributed by atoms with Crippen LogP contribution in [0.25, 0.3) is 0 Å². The minimum absolute atomic E-state index is 0.0236. The number of benzene rings is 2. The number of halogens is 1. The molecule has 1 N–H and O–H groups in total. The fourth-order valence-electron chi connectivity index (χ4n) is 3.16. The highest BCUT2D eigenvalue weighted by Crippen LogP contribution is 2.30. The van der Waals surface area contributed by atoms with Crippen molar-refractivity contribution in [2.24, 2.45) is 5.92 Å². The first-order chi connectivity index (χ1) is 12.8. The van der Waals surface area contributed by atoms with Gasteiger partial charge in [0.05, 0.1) is 4.90 Å². The molecule has 1 aliphatic rings. The van der Waals surface area contributed by atoms with E-state index in [-0.39, 0.29) is 17.3 Å². The van der Waals surface area contributed by atoms with Gasteiger partial charge in [-0.05, 0) is 53.8 Å². The zero-order chi connectivity index (χ0) is 19.6. The molecule has 7 heteroatoms. The van der Waals surface area contributed by atoms with Gasteiger partial charge in [-0.15, -0.1) is 0 Å². The van der Waals surface area contributed by atoms with Crippen LogP contribution in [0.15, 0.2) is 47.4 Å². The molecule has 0 radical (unpaired) electrons. The number of amides is 1. The van der Waals surface area contributed by atoms with Crippen molar-refractivity contribution < 1.29 is 17.6 Å². The lowest BCUT2D eigenvalue weighted by Crippen LogP contribution is -2.29. The number of rotatable bonds is 6. The Labute approximate surface area is 159 Å². The highest BCUT2D eigenvalue weighted by molar-refractivity contribution is 7.89. The van der Waals surface area contributed by atoms with E-state index in [2.05, 4.69) is 4.72 Å². The van der Waals surface area contributed by atoms with Gasteiger partial charge in [0.1, 0.15) is 5.82 Å². The molecule has 0 unspecified atom stereocenters. The van der Waals surface area contributed by atoms with Crippen LogP contribution < -0.4 is 9.62 Å². The molecular weight excluding hydrogens is 367 g/mol. The van der Waals surface area contributed by atoms with Crippen LogP contribution >= 0.6 is 0 Å². The van der Waals surface area contributed by atoms with Crippen LogP contribution in [0.3, 0.4) is 0 Å². The molecule has 0 saturated carbocycles. The Kier molecular flexibility index (Phi) is 5.62. The Bertz CT molecular complexity index is 940. The molecule has 1 aliphatic heterocycles. The number of nitrogens with one attached hydrogen (secondary N) is 1. The molecule has 0 aliphatic carbocycles. The zero-order valence-corrected chi connectivity index (χ0v) is 16.2. The Hall–Kier alpha value is -2.25. The van der Waals surface area contributed by atoms with E-state index in [0.717, 1.165) is 35.4 Å². The molecule has 0 bridgehead atoms. The standard InChI is InChI=1S/C20H23FN2O3S/c1-14(2)11-20(24)23-10-9-16-12-15(3-8-19(16)23)13-22-27(25,26)18-6-4-17(21)5-7-18/h3-8,12,14,22H,9-11,13H2,1-2H3. The number of hydrogen-bond donors (Lipinski definition) is 1. The molecule has 0 aromatic heterocycles. The maximum absolute atomic E-state index is 13.0. The maximum Gasteiger partial charge on any atom is 0.240 e. The second-order valence-corrected chi connectivity index (χ2v) is 8.90. The first-order valence-corrected chi connectivity index (χ1v) is 10.4. The lowest BCUT2D eigenvalue weighted by Gasteiger charge is -2.18. The maximum atomic E-state index is 13.0. The van der Waals surface area contributed by atoms with Crippen molar-refractivity contribution in [3.8, 4) is 0 Å². The molecule has 0 saturated heterocycles. The second kappa shape index (κ2) is 7.78. The predicted octanol–water partition coefficient (Wildman–Crippen LogP) is 3.24. The van der Waals surface area contributed by atoms with Gasteiger partial charge in [-0.2, -0.15) is 0 Å². The van der Waals surface area contributed by atoms with E-state index in [1.165, 1.54) is 12.1 Å². The first-order valence-electron chi connectivity index (χ1n) is 8.93. The van der Waals surface area contributed by atoms with Crippen molar-refractivity contribution in [3.63, 3.8) is 0 Å². The summed E-state index contributed by atoms with van der Waals surface area (Å²) in [5.74, 6) is -0.0562. The number of anilines is 1. The third-order valence-corrected chi connectivity index (χ3v) is 5.93. The van der Waals surface area contributed by atoms with Crippen molar-refractivity contribution in [2.45, 2.75) is 38.1 Å². The number of carbonyl (C=O) groups excluding carboxylic acids is 1. The van der Waals surface area contributed by atoms with Crippen LogP contribution in [0.2, 0.25) is 0 Å². The molecule has 3 rings (SSSR count). The van der Waals surface area contributed by atoms with Crippen molar-refractivity contribution in [1.82, 2.24) is 4.72 Å². The lowest BCUT2D eigenvalue weighted by molar-refractivity contribution is -0.119. The topological polar surface area (TPSA) is 66.5 Å². The van der Waals surface area contributed by atoms with Crippen LogP contribution in [0.4, 0.5) is 10.1 Å². The number of hydrogen-bond acceptors (Lipinski definition) is 3. The molecule has 0 fully saturated rings. The second-order valence-electron chi connectivity index (χ2n) is 7.13. The van der Waals surface area contributed by atoms with Crippen molar-refractivity contribution in [1.29, 1.82) is 0 Å². The zero-order valence-electron chi connectivity index (χ0n) is 15.4. The summed E-state index contributed by atoms with van der Waals surface area (Å²) in [6.45, 7) is 4.83. The first kappa shape index (κ1) is 19.5. The molecule has 0 spiro atoms. The monoisotopic (exact) mass is 390 g/mol. The highest BCUT2D eigenvalue weighted by atomic mass is 32.2. The summed E-state index contributed by atoms with van der Waals surface area (Å²) < 4.78 is 40.1. The number of sulfonamides is 1. The van der Waals surface area contributed by atoms with E-state index in [1.807, 2.05) is 36.9 Å². The molecule has 27 heavy (non-hydrogen) atoms. The summed E-state index contributed by atoms with van der Waals surface area (Å²) in [6, 6.07) is 10.3. The van der Waals surface area contributed by atoms with E-state index in [9.17, 15) is 17.6 Å². The smallest absolute Gasteiger partial charge is 0.240 e. The van der Waals surface area contributed by atoms with Gasteiger partial charge in [-0.1, -0.05) is 26.0 Å². The van der Waals surface area contributed by atoms with Gasteiger partial charge in [-0.3, -0.25) is 4.79 Å². The normalized spacial score (nSPS) is 13.9. The molecule has 1 heterocycles. The Morgan fingerprint density at radius 1 is 1.19 bits per heavy atom. The average Bonchev–Trinajstić information content (AvgIpc) is 3.03. The summed E-state index contributed by atoms with van der Waals surface area (Å²) >= 11 is 0. The SMILES string of the molecule is CC(C)CC(=O)N1CCc2cc(CNS(=O)(=O)c3ccc(F)cc3)ccc21. The number of carbonyl (C=O) groups is 1. The van der Waals surface area contributed by atoms with Crippen LogP contribution in [0, 0.1) is 11.7 Å². The summed E-state index contributed by atoms with van der Waals surface area (Å²) in [5, 5.41) is 0. The van der Waals surface area contributed by atoms with Crippen LogP contribution in [0.5, 0.6) is 0 Å². The van der Waals surface area contributed by atoms with Crippen molar-refractivity contribution >= 4 is 21.6 Å². The van der Waals surface area contributed by atoms with Gasteiger partial charge in [0.15, 0.2) is 0 Å². The summed E-state index contributed by atoms with van der Waals surface area (Å²) in [4.78, 5) is 14.2. The molecule has 144 valence electrons. The summed E-state index contributed by atoms with van der Waals surface area (Å²) in [5.41, 5.74) is 2.77. The molecule has 5 nitrogen and oxygen atoms in total. The van der Waals surface area contributed by atoms with Crippen LogP contribution in [-0.2, 0) is 27.8 Å². The average molecular weight is 390 g/mol. The van der Waals surface area contributed by atoms with Gasteiger partial charge in [0, 0.05) is 25.2 Å². The van der Waals surface area contributed by atoms with Gasteiger partial charge in [0.2, 0.25) is 15.9 Å². The molecule has 1 amide bonds. The Morgan fingerprint density at radius 3 is 2.56 bits per heavy atom. The van der Waals surface area contributed by atoms with E-state index < -0.39 is 15.8 Å². The summed E-state index contributed by atoms with van der Waals surface area (Å²) in [6.07, 6.45) is 1.27. The van der Waals surface area contributed by atoms with Crippen LogP contribution in [0.1, 0.15) is 31.4 Å². The fourth-order valence-corrected chi connectivity index (χ4v) is 4.18. The number of fused-ring (bicyclic) bond motifs is 1. The highest BCUT2D eigenvalue weighted by Gasteiger charge is 2.25. The van der Waals surface area contributed by atoms with Gasteiger partial charge >= 0.3 is 0 Å². The third-order valence-electron chi connectivity index (χ3n) is 4.51. The lowest BCUT2D eigenvalue weighted by atomic mass is 10.1. The van der Waals surface area contributed by atoms with Crippen LogP contribution in [-0.4, -0.2) is 20.9 Å². The van der Waals surface area contributed by atoms with Gasteiger partial charge in [0.25, 0.3) is 0 Å². The predicted molar refractivity (Wildman–Crippen MR) is 102 cm³/mol. The largest absolute Gasteiger partial charge is 0.312 e. The Balaban J connectivity index is 1.69. The molecule has 2 aromatic rings. The molecular formula is C20H23FN2O3S. The number of nitrogens with zero attached hydrogens (tertiary/aromatic N) is 1. The van der Waals surface area contributed by atoms with Crippen molar-refractivity contribution in [3.05, 3.63) is 59.4 Å². The quantitative estimate of drug-likeness (QED) is 0.823. The van der Waals surface area contributed by atoms with E-state index in [4.69, 9.17) is 0 Å². The minimum Gasteiger partial charge on any atom is -0.312 e. The van der Waals surface area contributed by atoms with E-state index in [0.29, 0.717) is 18.9 Å². The fraction of sp³-hybridized carbons (Fsp3) is 0.350. The van der Waals surface area contributed by atoms with Gasteiger partial charge < -0.3 is 4.90 Å². The van der Waals surface area contributed by atoms with E-state index >= 15 is 0 Å². The van der Waals surface area contributed by atoms with Gasteiger partial charge in [-0.25, -0.2) is 17.5 Å². The van der Waals surface area contributed by atoms with E-state index in [1.54, 1.807) is 0 Å². The minimum atomic E-state index is -3.71. The molecule has 2 aromatic carbocycles. The van der Waals surface area contributed by atoms with Crippen molar-refractivity contribution in [2.75, 3.05) is 11.4 Å². The summed E-state index contributed by atoms with van der Waals surface area (Å²) in [7, 11) is -3.71. The molecule has 0 atom stereocenters. The Morgan fingerprint density at radius 2 is 1.89 bits per heavy atom. The third kappa shape index (κ3) is 4.54.